The summed E-state index contributed by atoms with van der Waals surface area (Å²) < 4.78 is 1.83. The van der Waals surface area contributed by atoms with Gasteiger partial charge in [0, 0.05) is 36.1 Å². The number of hydrogen-bond donors (Lipinski definition) is 1. The van der Waals surface area contributed by atoms with Crippen molar-refractivity contribution in [1.82, 2.24) is 19.7 Å². The van der Waals surface area contributed by atoms with Gasteiger partial charge in [-0.25, -0.2) is 0 Å². The number of carbonyl (C=O) groups is 1. The van der Waals surface area contributed by atoms with Crippen molar-refractivity contribution in [3.8, 4) is 0 Å². The molecule has 0 radical (unpaired) electrons. The summed E-state index contributed by atoms with van der Waals surface area (Å²) in [4.78, 5) is 14.7. The summed E-state index contributed by atoms with van der Waals surface area (Å²) in [5.74, 6) is 0.452. The van der Waals surface area contributed by atoms with Crippen molar-refractivity contribution in [1.29, 1.82) is 0 Å². The summed E-state index contributed by atoms with van der Waals surface area (Å²) in [6, 6.07) is 8.28. The molecule has 2 aromatic rings. The van der Waals surface area contributed by atoms with Gasteiger partial charge in [-0.1, -0.05) is 23.7 Å². The third-order valence-corrected chi connectivity index (χ3v) is 6.07. The molecule has 27 heavy (non-hydrogen) atoms. The van der Waals surface area contributed by atoms with E-state index in [1.807, 2.05) is 27.7 Å². The van der Waals surface area contributed by atoms with Crippen LogP contribution in [0.1, 0.15) is 41.9 Å². The molecule has 0 unspecified atom stereocenters. The minimum atomic E-state index is -0.0414. The molecule has 1 saturated carbocycles. The molecule has 2 N–H and O–H groups in total. The van der Waals surface area contributed by atoms with Gasteiger partial charge < -0.3 is 15.2 Å². The highest BCUT2D eigenvalue weighted by Gasteiger charge is 2.40. The van der Waals surface area contributed by atoms with Crippen LogP contribution in [0.15, 0.2) is 30.6 Å². The second-order valence-electron chi connectivity index (χ2n) is 7.07. The van der Waals surface area contributed by atoms with Crippen LogP contribution in [0.4, 0.5) is 0 Å². The molecule has 1 fully saturated rings. The third-order valence-electron chi connectivity index (χ3n) is 5.83. The average Bonchev–Trinajstić information content (AvgIpc) is 3.12. The predicted octanol–water partition coefficient (Wildman–Crippen LogP) is 3.07. The minimum absolute atomic E-state index is 0. The number of aromatic nitrogens is 3. The fourth-order valence-electron chi connectivity index (χ4n) is 4.27. The molecule has 1 aliphatic heterocycles. The van der Waals surface area contributed by atoms with Gasteiger partial charge in [-0.05, 0) is 43.4 Å². The molecule has 1 aliphatic carbocycles. The van der Waals surface area contributed by atoms with Crippen molar-refractivity contribution in [2.24, 2.45) is 5.73 Å². The molecule has 0 atom stereocenters. The number of nitrogens with two attached hydrogens (primary N) is 1. The molecule has 1 aromatic carbocycles. The molecule has 2 aliphatic rings. The van der Waals surface area contributed by atoms with E-state index < -0.39 is 0 Å². The standard InChI is InChI=1S/C18H22ClN5O.2ClH/c19-14-3-1-2-13(10-14)18(11-20)6-4-15(5-7-18)24-9-8-23-12-21-22-16(23)17(24)25;;/h1-3,10,12,15H,4-9,11,20H2;2*1H/t15-,18+;;. The first-order valence-electron chi connectivity index (χ1n) is 8.78. The largest absolute Gasteiger partial charge is 0.331 e. The van der Waals surface area contributed by atoms with E-state index in [9.17, 15) is 4.79 Å². The highest BCUT2D eigenvalue weighted by Crippen LogP contribution is 2.41. The second-order valence-corrected chi connectivity index (χ2v) is 7.51. The summed E-state index contributed by atoms with van der Waals surface area (Å²) >= 11 is 6.18. The Hall–Kier alpha value is -1.34. The Kier molecular flexibility index (Phi) is 7.14. The van der Waals surface area contributed by atoms with Gasteiger partial charge in [0.2, 0.25) is 5.82 Å². The zero-order chi connectivity index (χ0) is 17.4. The summed E-state index contributed by atoms with van der Waals surface area (Å²) in [7, 11) is 0. The zero-order valence-corrected chi connectivity index (χ0v) is 17.3. The molecule has 1 aromatic heterocycles. The van der Waals surface area contributed by atoms with Crippen LogP contribution in [0.25, 0.3) is 0 Å². The van der Waals surface area contributed by atoms with Crippen molar-refractivity contribution in [2.75, 3.05) is 13.1 Å². The maximum atomic E-state index is 12.7. The summed E-state index contributed by atoms with van der Waals surface area (Å²) in [5, 5.41) is 8.57. The number of fused-ring (bicyclic) bond motifs is 1. The molecule has 0 bridgehead atoms. The fraction of sp³-hybridized carbons (Fsp3) is 0.500. The highest BCUT2D eigenvalue weighted by atomic mass is 35.5. The SMILES string of the molecule is Cl.Cl.NC[C@]1(c2cccc(Cl)c2)CC[C@@H](N2CCn3cnnc3C2=O)CC1. The summed E-state index contributed by atoms with van der Waals surface area (Å²) in [5.41, 5.74) is 7.35. The Balaban J connectivity index is 0.00000131. The van der Waals surface area contributed by atoms with E-state index in [2.05, 4.69) is 16.3 Å². The number of benzene rings is 1. The Morgan fingerprint density at radius 3 is 2.63 bits per heavy atom. The van der Waals surface area contributed by atoms with Gasteiger partial charge in [-0.15, -0.1) is 35.0 Å². The minimum Gasteiger partial charge on any atom is -0.331 e. The molecule has 0 saturated heterocycles. The molecular formula is C18H24Cl3N5O. The lowest BCUT2D eigenvalue weighted by atomic mass is 9.68. The molecule has 148 valence electrons. The van der Waals surface area contributed by atoms with Gasteiger partial charge in [0.15, 0.2) is 0 Å². The van der Waals surface area contributed by atoms with Crippen LogP contribution in [0.3, 0.4) is 0 Å². The van der Waals surface area contributed by atoms with Crippen LogP contribution in [0.5, 0.6) is 0 Å². The molecule has 4 rings (SSSR count). The smallest absolute Gasteiger partial charge is 0.292 e. The van der Waals surface area contributed by atoms with Crippen LogP contribution < -0.4 is 5.73 Å². The zero-order valence-electron chi connectivity index (χ0n) is 14.9. The molecule has 6 nitrogen and oxygen atoms in total. The number of amides is 1. The normalized spacial score (nSPS) is 24.6. The topological polar surface area (TPSA) is 77.0 Å². The van der Waals surface area contributed by atoms with Crippen LogP contribution in [-0.4, -0.2) is 44.7 Å². The van der Waals surface area contributed by atoms with Gasteiger partial charge in [-0.2, -0.15) is 0 Å². The Morgan fingerprint density at radius 1 is 1.22 bits per heavy atom. The molecule has 9 heteroatoms. The molecule has 0 spiro atoms. The third kappa shape index (κ3) is 3.94. The first-order valence-corrected chi connectivity index (χ1v) is 9.16. The van der Waals surface area contributed by atoms with Gasteiger partial charge >= 0.3 is 0 Å². The monoisotopic (exact) mass is 431 g/mol. The number of hydrogen-bond acceptors (Lipinski definition) is 4. The summed E-state index contributed by atoms with van der Waals surface area (Å²) in [6.45, 7) is 2.09. The Bertz CT molecular complexity index is 789. The van der Waals surface area contributed by atoms with Crippen LogP contribution in [-0.2, 0) is 12.0 Å². The predicted molar refractivity (Wildman–Crippen MR) is 110 cm³/mol. The molecule has 2 heterocycles. The Morgan fingerprint density at radius 2 is 1.96 bits per heavy atom. The maximum absolute atomic E-state index is 12.7. The summed E-state index contributed by atoms with van der Waals surface area (Å²) in [6.07, 6.45) is 5.45. The first-order chi connectivity index (χ1) is 12.1. The van der Waals surface area contributed by atoms with Crippen LogP contribution >= 0.6 is 36.4 Å². The quantitative estimate of drug-likeness (QED) is 0.808. The van der Waals surface area contributed by atoms with Crippen molar-refractivity contribution in [3.05, 3.63) is 47.0 Å². The molecule has 1 amide bonds. The van der Waals surface area contributed by atoms with Crippen LogP contribution in [0, 0.1) is 0 Å². The van der Waals surface area contributed by atoms with E-state index in [4.69, 9.17) is 17.3 Å². The number of carbonyl (C=O) groups excluding carboxylic acids is 1. The van der Waals surface area contributed by atoms with Gasteiger partial charge in [0.05, 0.1) is 0 Å². The van der Waals surface area contributed by atoms with E-state index >= 15 is 0 Å². The highest BCUT2D eigenvalue weighted by molar-refractivity contribution is 6.30. The van der Waals surface area contributed by atoms with Gasteiger partial charge in [0.1, 0.15) is 6.33 Å². The van der Waals surface area contributed by atoms with E-state index in [-0.39, 0.29) is 42.2 Å². The number of rotatable bonds is 3. The van der Waals surface area contributed by atoms with Gasteiger partial charge in [0.25, 0.3) is 5.91 Å². The lowest BCUT2D eigenvalue weighted by molar-refractivity contribution is 0.0522. The Labute approximate surface area is 176 Å². The second kappa shape index (κ2) is 8.78. The van der Waals surface area contributed by atoms with Crippen molar-refractivity contribution in [3.63, 3.8) is 0 Å². The average molecular weight is 433 g/mol. The van der Waals surface area contributed by atoms with Crippen LogP contribution in [0.2, 0.25) is 5.02 Å². The lowest BCUT2D eigenvalue weighted by Crippen LogP contribution is -2.50. The fourth-order valence-corrected chi connectivity index (χ4v) is 4.46. The number of halogens is 3. The maximum Gasteiger partial charge on any atom is 0.292 e. The first kappa shape index (κ1) is 22.0. The van der Waals surface area contributed by atoms with Gasteiger partial charge in [-0.3, -0.25) is 4.79 Å². The molecular weight excluding hydrogens is 409 g/mol. The number of nitrogens with zero attached hydrogens (tertiary/aromatic N) is 4. The van der Waals surface area contributed by atoms with Crippen molar-refractivity contribution < 1.29 is 4.79 Å². The van der Waals surface area contributed by atoms with Crippen molar-refractivity contribution in [2.45, 2.75) is 43.7 Å². The van der Waals surface area contributed by atoms with E-state index in [0.29, 0.717) is 12.4 Å². The van der Waals surface area contributed by atoms with E-state index in [1.165, 1.54) is 5.56 Å². The van der Waals surface area contributed by atoms with E-state index in [1.54, 1.807) is 6.33 Å². The lowest BCUT2D eigenvalue weighted by Gasteiger charge is -2.44. The van der Waals surface area contributed by atoms with Crippen molar-refractivity contribution >= 4 is 42.3 Å². The van der Waals surface area contributed by atoms with E-state index in [0.717, 1.165) is 43.8 Å².